The van der Waals surface area contributed by atoms with Crippen molar-refractivity contribution in [3.63, 3.8) is 0 Å². The van der Waals surface area contributed by atoms with Gasteiger partial charge in [0, 0.05) is 6.42 Å². The maximum absolute atomic E-state index is 9.91. The number of aliphatic hydroxyl groups is 2. The van der Waals surface area contributed by atoms with Crippen molar-refractivity contribution in [2.24, 2.45) is 0 Å². The van der Waals surface area contributed by atoms with Crippen LogP contribution in [0.1, 0.15) is 19.8 Å². The number of allylic oxidation sites excluding steroid dienone is 2. The minimum atomic E-state index is -0.993. The zero-order chi connectivity index (χ0) is 8.15. The average molecular weight is 146 g/mol. The molecule has 0 amide bonds. The van der Waals surface area contributed by atoms with Gasteiger partial charge in [0.05, 0.1) is 6.42 Å². The smallest absolute Gasteiger partial charge is 0.303 e. The number of carboxylic acids is 1. The summed E-state index contributed by atoms with van der Waals surface area (Å²) in [6.07, 6.45) is -0.179. The van der Waals surface area contributed by atoms with Crippen molar-refractivity contribution in [3.8, 4) is 0 Å². The lowest BCUT2D eigenvalue weighted by Crippen LogP contribution is -1.96. The minimum Gasteiger partial charge on any atom is -0.509 e. The molecule has 0 fully saturated rings. The maximum Gasteiger partial charge on any atom is 0.303 e. The van der Waals surface area contributed by atoms with E-state index in [0.29, 0.717) is 0 Å². The highest BCUT2D eigenvalue weighted by Gasteiger charge is 2.01. The van der Waals surface area contributed by atoms with Gasteiger partial charge in [-0.1, -0.05) is 0 Å². The predicted molar refractivity (Wildman–Crippen MR) is 34.8 cm³/mol. The molecule has 0 saturated heterocycles. The van der Waals surface area contributed by atoms with E-state index in [4.69, 9.17) is 15.3 Å². The standard InChI is InChI=1S/C6H10O4/c1-4(7)5(8)2-3-6(9)10/h7-8H,2-3H2,1H3,(H,9,10)/b5-4-. The van der Waals surface area contributed by atoms with Gasteiger partial charge in [0.15, 0.2) is 0 Å². The Morgan fingerprint density at radius 1 is 1.20 bits per heavy atom. The Kier molecular flexibility index (Phi) is 3.32. The fourth-order valence-electron chi connectivity index (χ4n) is 0.406. The molecule has 10 heavy (non-hydrogen) atoms. The Hall–Kier alpha value is -1.19. The quantitative estimate of drug-likeness (QED) is 0.523. The van der Waals surface area contributed by atoms with Gasteiger partial charge in [0.1, 0.15) is 11.5 Å². The average Bonchev–Trinajstić information content (AvgIpc) is 1.82. The van der Waals surface area contributed by atoms with Crippen LogP contribution < -0.4 is 0 Å². The lowest BCUT2D eigenvalue weighted by Gasteiger charge is -1.96. The molecule has 0 aliphatic rings. The molecule has 4 heteroatoms. The van der Waals surface area contributed by atoms with E-state index in [2.05, 4.69) is 0 Å². The molecule has 0 aromatic heterocycles. The second-order valence-corrected chi connectivity index (χ2v) is 1.93. The van der Waals surface area contributed by atoms with Crippen LogP contribution in [0.3, 0.4) is 0 Å². The molecule has 3 N–H and O–H groups in total. The molecule has 0 aliphatic carbocycles. The first kappa shape index (κ1) is 8.81. The van der Waals surface area contributed by atoms with Gasteiger partial charge in [-0.2, -0.15) is 0 Å². The summed E-state index contributed by atoms with van der Waals surface area (Å²) in [5.41, 5.74) is 0. The highest BCUT2D eigenvalue weighted by Crippen LogP contribution is 2.04. The third-order valence-electron chi connectivity index (χ3n) is 0.993. The summed E-state index contributed by atoms with van der Waals surface area (Å²) in [6, 6.07) is 0. The van der Waals surface area contributed by atoms with E-state index in [-0.39, 0.29) is 24.4 Å². The highest BCUT2D eigenvalue weighted by molar-refractivity contribution is 5.66. The summed E-state index contributed by atoms with van der Waals surface area (Å²) in [4.78, 5) is 9.91. The number of aliphatic carboxylic acids is 1. The lowest BCUT2D eigenvalue weighted by atomic mass is 10.2. The van der Waals surface area contributed by atoms with E-state index in [0.717, 1.165) is 0 Å². The zero-order valence-electron chi connectivity index (χ0n) is 5.66. The molecule has 0 spiro atoms. The molecule has 0 aromatic carbocycles. The zero-order valence-corrected chi connectivity index (χ0v) is 5.66. The Morgan fingerprint density at radius 3 is 2.00 bits per heavy atom. The number of carbonyl (C=O) groups is 1. The largest absolute Gasteiger partial charge is 0.509 e. The SMILES string of the molecule is C/C(O)=C(/O)CCC(=O)O. The van der Waals surface area contributed by atoms with Crippen molar-refractivity contribution in [3.05, 3.63) is 11.5 Å². The first-order chi connectivity index (χ1) is 4.54. The Balaban J connectivity index is 3.71. The normalized spacial score (nSPS) is 12.5. The summed E-state index contributed by atoms with van der Waals surface area (Å²) in [7, 11) is 0. The van der Waals surface area contributed by atoms with Crippen LogP contribution in [-0.4, -0.2) is 21.3 Å². The molecule has 0 unspecified atom stereocenters. The van der Waals surface area contributed by atoms with Crippen LogP contribution >= 0.6 is 0 Å². The van der Waals surface area contributed by atoms with Crippen molar-refractivity contribution in [1.29, 1.82) is 0 Å². The van der Waals surface area contributed by atoms with Gasteiger partial charge >= 0.3 is 5.97 Å². The van der Waals surface area contributed by atoms with Crippen LogP contribution in [0, 0.1) is 0 Å². The van der Waals surface area contributed by atoms with Crippen LogP contribution in [0.2, 0.25) is 0 Å². The van der Waals surface area contributed by atoms with E-state index >= 15 is 0 Å². The molecule has 0 rings (SSSR count). The molecule has 0 atom stereocenters. The topological polar surface area (TPSA) is 77.8 Å². The van der Waals surface area contributed by atoms with E-state index in [1.807, 2.05) is 0 Å². The van der Waals surface area contributed by atoms with E-state index in [9.17, 15) is 4.79 Å². The van der Waals surface area contributed by atoms with Crippen molar-refractivity contribution >= 4 is 5.97 Å². The van der Waals surface area contributed by atoms with Gasteiger partial charge in [-0.25, -0.2) is 0 Å². The van der Waals surface area contributed by atoms with Gasteiger partial charge in [0.2, 0.25) is 0 Å². The Bertz CT molecular complexity index is 155. The second kappa shape index (κ2) is 3.76. The number of aliphatic hydroxyl groups excluding tert-OH is 2. The summed E-state index contributed by atoms with van der Waals surface area (Å²) in [5, 5.41) is 25.4. The molecular formula is C6H10O4. The number of carboxylic acid groups (broad SMARTS) is 1. The molecule has 0 heterocycles. The molecule has 0 aromatic rings. The Morgan fingerprint density at radius 2 is 1.70 bits per heavy atom. The van der Waals surface area contributed by atoms with Crippen LogP contribution in [0.15, 0.2) is 11.5 Å². The predicted octanol–water partition coefficient (Wildman–Crippen LogP) is 1.20. The fraction of sp³-hybridized carbons (Fsp3) is 0.500. The van der Waals surface area contributed by atoms with Crippen LogP contribution in [0.5, 0.6) is 0 Å². The lowest BCUT2D eigenvalue weighted by molar-refractivity contribution is -0.137. The molecule has 4 nitrogen and oxygen atoms in total. The monoisotopic (exact) mass is 146 g/mol. The fourth-order valence-corrected chi connectivity index (χ4v) is 0.406. The third kappa shape index (κ3) is 3.77. The van der Waals surface area contributed by atoms with E-state index < -0.39 is 5.97 Å². The highest BCUT2D eigenvalue weighted by atomic mass is 16.4. The van der Waals surface area contributed by atoms with Gasteiger partial charge < -0.3 is 15.3 Å². The summed E-state index contributed by atoms with van der Waals surface area (Å²) < 4.78 is 0. The molecule has 0 aliphatic heterocycles. The number of hydrogen-bond acceptors (Lipinski definition) is 3. The van der Waals surface area contributed by atoms with Gasteiger partial charge in [0.25, 0.3) is 0 Å². The van der Waals surface area contributed by atoms with E-state index in [1.165, 1.54) is 6.92 Å². The molecular weight excluding hydrogens is 136 g/mol. The first-order valence-electron chi connectivity index (χ1n) is 2.83. The maximum atomic E-state index is 9.91. The first-order valence-corrected chi connectivity index (χ1v) is 2.83. The second-order valence-electron chi connectivity index (χ2n) is 1.93. The Labute approximate surface area is 58.4 Å². The number of hydrogen-bond donors (Lipinski definition) is 3. The van der Waals surface area contributed by atoms with Crippen molar-refractivity contribution in [2.45, 2.75) is 19.8 Å². The summed E-state index contributed by atoms with van der Waals surface area (Å²) in [5.74, 6) is -1.48. The molecule has 0 saturated carbocycles. The summed E-state index contributed by atoms with van der Waals surface area (Å²) in [6.45, 7) is 1.30. The van der Waals surface area contributed by atoms with Gasteiger partial charge in [-0.15, -0.1) is 0 Å². The molecule has 0 radical (unpaired) electrons. The summed E-state index contributed by atoms with van der Waals surface area (Å²) >= 11 is 0. The third-order valence-corrected chi connectivity index (χ3v) is 0.993. The van der Waals surface area contributed by atoms with Crippen LogP contribution in [0.4, 0.5) is 0 Å². The van der Waals surface area contributed by atoms with Crippen LogP contribution in [0.25, 0.3) is 0 Å². The molecule has 58 valence electrons. The van der Waals surface area contributed by atoms with Gasteiger partial charge in [-0.3, -0.25) is 4.79 Å². The minimum absolute atomic E-state index is 0.0162. The van der Waals surface area contributed by atoms with Crippen LogP contribution in [-0.2, 0) is 4.79 Å². The van der Waals surface area contributed by atoms with Crippen molar-refractivity contribution in [2.75, 3.05) is 0 Å². The van der Waals surface area contributed by atoms with Crippen molar-refractivity contribution in [1.82, 2.24) is 0 Å². The molecule has 0 bridgehead atoms. The van der Waals surface area contributed by atoms with Crippen molar-refractivity contribution < 1.29 is 20.1 Å². The van der Waals surface area contributed by atoms with Gasteiger partial charge in [-0.05, 0) is 6.92 Å². The van der Waals surface area contributed by atoms with E-state index in [1.54, 1.807) is 0 Å². The number of rotatable bonds is 3.